The van der Waals surface area contributed by atoms with Crippen LogP contribution in [0.2, 0.25) is 10.0 Å². The fourth-order valence-electron chi connectivity index (χ4n) is 5.99. The molecule has 0 saturated carbocycles. The number of aromatic nitrogens is 3. The number of rotatable bonds is 23. The molecule has 3 unspecified atom stereocenters. The molecule has 1 heterocycles. The van der Waals surface area contributed by atoms with E-state index >= 15 is 0 Å². The molecule has 0 aliphatic rings. The largest absolute Gasteiger partial charge is 0.463 e. The standard InChI is InChI=1S/C43H51Cl2N5O9/c1-5-6-7-8-9-10-11-12-13-16-23-57-42(55)29(4)59-43(56)31-20-22-33(45)36(26-31)47-41(54)39(50-37-18-15-14-17-34(37)48-49-50)40(53)46-35-24-30(19-21-32(35)44)25-38(52)58-28(3)27(2)51/h14-15,17-22,24,26,28-29,39H,5-13,16,23,25H2,1-4H3,(H,46,53)(H,47,54). The molecule has 0 aliphatic carbocycles. The number of halogens is 2. The number of carbonyl (C=O) groups excluding carboxylic acids is 6. The molecule has 4 rings (SSSR count). The van der Waals surface area contributed by atoms with Crippen molar-refractivity contribution in [3.8, 4) is 0 Å². The first kappa shape index (κ1) is 46.4. The van der Waals surface area contributed by atoms with Gasteiger partial charge < -0.3 is 24.8 Å². The number of amides is 2. The van der Waals surface area contributed by atoms with E-state index in [9.17, 15) is 28.8 Å². The predicted molar refractivity (Wildman–Crippen MR) is 224 cm³/mol. The molecule has 0 aliphatic heterocycles. The zero-order valence-electron chi connectivity index (χ0n) is 33.8. The molecule has 316 valence electrons. The van der Waals surface area contributed by atoms with Crippen molar-refractivity contribution in [1.29, 1.82) is 0 Å². The molecule has 2 N–H and O–H groups in total. The summed E-state index contributed by atoms with van der Waals surface area (Å²) in [4.78, 5) is 77.8. The van der Waals surface area contributed by atoms with Gasteiger partial charge in [-0.05, 0) is 75.2 Å². The van der Waals surface area contributed by atoms with Crippen molar-refractivity contribution in [2.24, 2.45) is 0 Å². The molecule has 14 nitrogen and oxygen atoms in total. The number of nitrogens with one attached hydrogen (secondary N) is 2. The summed E-state index contributed by atoms with van der Waals surface area (Å²) in [5, 5.41) is 13.5. The summed E-state index contributed by atoms with van der Waals surface area (Å²) >= 11 is 12.9. The zero-order chi connectivity index (χ0) is 42.9. The van der Waals surface area contributed by atoms with Gasteiger partial charge in [-0.1, -0.05) is 111 Å². The van der Waals surface area contributed by atoms with Crippen molar-refractivity contribution in [3.63, 3.8) is 0 Å². The molecule has 4 aromatic rings. The summed E-state index contributed by atoms with van der Waals surface area (Å²) in [7, 11) is 0. The maximum absolute atomic E-state index is 14.1. The molecular formula is C43H51Cl2N5O9. The molecule has 3 atom stereocenters. The molecule has 16 heteroatoms. The van der Waals surface area contributed by atoms with E-state index in [1.54, 1.807) is 30.3 Å². The van der Waals surface area contributed by atoms with Gasteiger partial charge in [-0.3, -0.25) is 19.2 Å². The maximum atomic E-state index is 14.1. The lowest BCUT2D eigenvalue weighted by Gasteiger charge is -2.19. The molecule has 59 heavy (non-hydrogen) atoms. The third kappa shape index (κ3) is 14.2. The molecule has 3 aromatic carbocycles. The smallest absolute Gasteiger partial charge is 0.347 e. The van der Waals surface area contributed by atoms with Crippen LogP contribution in [0.5, 0.6) is 0 Å². The molecule has 0 spiro atoms. The number of ketones is 1. The third-order valence-electron chi connectivity index (χ3n) is 9.45. The Morgan fingerprint density at radius 3 is 1.97 bits per heavy atom. The van der Waals surface area contributed by atoms with Crippen LogP contribution in [0.3, 0.4) is 0 Å². The van der Waals surface area contributed by atoms with E-state index in [4.69, 9.17) is 37.4 Å². The number of carbonyl (C=O) groups is 6. The molecule has 0 fully saturated rings. The van der Waals surface area contributed by atoms with Crippen molar-refractivity contribution < 1.29 is 43.0 Å². The second-order valence-electron chi connectivity index (χ2n) is 14.2. The van der Waals surface area contributed by atoms with Crippen LogP contribution in [0.1, 0.15) is 114 Å². The number of ether oxygens (including phenoxy) is 3. The first-order chi connectivity index (χ1) is 28.3. The lowest BCUT2D eigenvalue weighted by molar-refractivity contribution is -0.153. The van der Waals surface area contributed by atoms with E-state index < -0.39 is 48.0 Å². The van der Waals surface area contributed by atoms with Crippen LogP contribution in [0.15, 0.2) is 60.7 Å². The highest BCUT2D eigenvalue weighted by Crippen LogP contribution is 2.28. The summed E-state index contributed by atoms with van der Waals surface area (Å²) in [6, 6.07) is 13.4. The number of hydrogen-bond acceptors (Lipinski definition) is 11. The number of anilines is 2. The van der Waals surface area contributed by atoms with Crippen LogP contribution in [0, 0.1) is 0 Å². The monoisotopic (exact) mass is 851 g/mol. The van der Waals surface area contributed by atoms with E-state index in [1.807, 2.05) is 0 Å². The average molecular weight is 853 g/mol. The molecule has 1 aromatic heterocycles. The zero-order valence-corrected chi connectivity index (χ0v) is 35.3. The first-order valence-corrected chi connectivity index (χ1v) is 20.6. The molecule has 0 saturated heterocycles. The quantitative estimate of drug-likeness (QED) is 0.0315. The van der Waals surface area contributed by atoms with Crippen molar-refractivity contribution in [1.82, 2.24) is 15.0 Å². The topological polar surface area (TPSA) is 185 Å². The first-order valence-electron chi connectivity index (χ1n) is 19.9. The second-order valence-corrected chi connectivity index (χ2v) is 15.0. The number of esters is 3. The minimum Gasteiger partial charge on any atom is -0.463 e. The van der Waals surface area contributed by atoms with Crippen LogP contribution < -0.4 is 10.6 Å². The highest BCUT2D eigenvalue weighted by molar-refractivity contribution is 6.35. The van der Waals surface area contributed by atoms with Crippen molar-refractivity contribution >= 4 is 81.1 Å². The number of benzene rings is 3. The number of Topliss-reactive ketones (excluding diaryl/α,β-unsaturated/α-hetero) is 1. The van der Waals surface area contributed by atoms with Gasteiger partial charge in [-0.25, -0.2) is 14.3 Å². The van der Waals surface area contributed by atoms with E-state index in [1.165, 1.54) is 89.6 Å². The highest BCUT2D eigenvalue weighted by atomic mass is 35.5. The van der Waals surface area contributed by atoms with E-state index in [0.717, 1.165) is 23.9 Å². The SMILES string of the molecule is CCCCCCCCCCCCOC(=O)C(C)OC(=O)c1ccc(Cl)c(NC(=O)C(C(=O)Nc2cc(CC(=O)OC(C)C(C)=O)ccc2Cl)n2nnc3ccccc32)c1. The van der Waals surface area contributed by atoms with Crippen LogP contribution in [0.4, 0.5) is 11.4 Å². The van der Waals surface area contributed by atoms with Gasteiger partial charge in [0.1, 0.15) is 5.52 Å². The van der Waals surface area contributed by atoms with Gasteiger partial charge in [0.05, 0.1) is 45.5 Å². The summed E-state index contributed by atoms with van der Waals surface area (Å²) < 4.78 is 17.0. The highest BCUT2D eigenvalue weighted by Gasteiger charge is 2.33. The summed E-state index contributed by atoms with van der Waals surface area (Å²) in [6.07, 6.45) is 9.05. The van der Waals surface area contributed by atoms with Gasteiger partial charge in [0.15, 0.2) is 18.0 Å². The number of unbranched alkanes of at least 4 members (excludes halogenated alkanes) is 9. The Hall–Kier alpha value is -5.34. The van der Waals surface area contributed by atoms with Gasteiger partial charge in [0.2, 0.25) is 6.04 Å². The fourth-order valence-corrected chi connectivity index (χ4v) is 6.32. The van der Waals surface area contributed by atoms with Gasteiger partial charge in [0, 0.05) is 0 Å². The molecule has 2 amide bonds. The van der Waals surface area contributed by atoms with Crippen molar-refractivity contribution in [2.75, 3.05) is 17.2 Å². The summed E-state index contributed by atoms with van der Waals surface area (Å²) in [5.41, 5.74) is 1.15. The predicted octanol–water partition coefficient (Wildman–Crippen LogP) is 8.63. The van der Waals surface area contributed by atoms with Crippen LogP contribution in [0.25, 0.3) is 11.0 Å². The Bertz CT molecular complexity index is 2110. The lowest BCUT2D eigenvalue weighted by atomic mass is 10.1. The van der Waals surface area contributed by atoms with E-state index in [-0.39, 0.29) is 45.8 Å². The number of nitrogens with zero attached hydrogens (tertiary/aromatic N) is 3. The lowest BCUT2D eigenvalue weighted by Crippen LogP contribution is -2.37. The average Bonchev–Trinajstić information content (AvgIpc) is 3.62. The van der Waals surface area contributed by atoms with Gasteiger partial charge in [-0.15, -0.1) is 5.10 Å². The Morgan fingerprint density at radius 2 is 1.32 bits per heavy atom. The van der Waals surface area contributed by atoms with Crippen molar-refractivity contribution in [3.05, 3.63) is 81.8 Å². The summed E-state index contributed by atoms with van der Waals surface area (Å²) in [5.74, 6) is -4.34. The number of para-hydroxylation sites is 1. The summed E-state index contributed by atoms with van der Waals surface area (Å²) in [6.45, 7) is 6.60. The van der Waals surface area contributed by atoms with Gasteiger partial charge in [0.25, 0.3) is 11.8 Å². The second kappa shape index (κ2) is 23.3. The van der Waals surface area contributed by atoms with Crippen LogP contribution in [-0.2, 0) is 44.6 Å². The van der Waals surface area contributed by atoms with Crippen LogP contribution in [-0.4, -0.2) is 69.3 Å². The Balaban J connectivity index is 1.42. The minimum atomic E-state index is -1.71. The normalized spacial score (nSPS) is 12.6. The Labute approximate surface area is 353 Å². The minimum absolute atomic E-state index is 0.0307. The molecule has 0 radical (unpaired) electrons. The van der Waals surface area contributed by atoms with E-state index in [0.29, 0.717) is 23.0 Å². The van der Waals surface area contributed by atoms with Crippen LogP contribution >= 0.6 is 23.2 Å². The molecular weight excluding hydrogens is 801 g/mol. The molecule has 0 bridgehead atoms. The maximum Gasteiger partial charge on any atom is 0.347 e. The number of hydrogen-bond donors (Lipinski definition) is 2. The van der Waals surface area contributed by atoms with E-state index in [2.05, 4.69) is 27.9 Å². The number of fused-ring (bicyclic) bond motifs is 1. The Morgan fingerprint density at radius 1 is 0.729 bits per heavy atom. The van der Waals surface area contributed by atoms with Gasteiger partial charge in [-0.2, -0.15) is 0 Å². The van der Waals surface area contributed by atoms with Gasteiger partial charge >= 0.3 is 17.9 Å². The Kier molecular flexibility index (Phi) is 18.3. The third-order valence-corrected chi connectivity index (χ3v) is 10.1. The van der Waals surface area contributed by atoms with Crippen molar-refractivity contribution in [2.45, 2.75) is 117 Å². The fraction of sp³-hybridized carbons (Fsp3) is 0.442.